The molecule has 0 radical (unpaired) electrons. The van der Waals surface area contributed by atoms with E-state index in [0.717, 1.165) is 40.9 Å². The Morgan fingerprint density at radius 3 is 2.60 bits per heavy atom. The first kappa shape index (κ1) is 18.3. The highest BCUT2D eigenvalue weighted by atomic mass is 16.1. The summed E-state index contributed by atoms with van der Waals surface area (Å²) in [5.74, 6) is 0.820. The van der Waals surface area contributed by atoms with Gasteiger partial charge in [-0.15, -0.1) is 0 Å². The van der Waals surface area contributed by atoms with Gasteiger partial charge in [-0.1, -0.05) is 30.3 Å². The lowest BCUT2D eigenvalue weighted by Gasteiger charge is -2.19. The van der Waals surface area contributed by atoms with E-state index in [2.05, 4.69) is 25.3 Å². The Morgan fingerprint density at radius 1 is 1.10 bits per heavy atom. The number of rotatable bonds is 6. The molecule has 150 valence electrons. The lowest BCUT2D eigenvalue weighted by molar-refractivity contribution is 0.0951. The molecule has 7 heteroatoms. The molecule has 7 nitrogen and oxygen atoms in total. The number of benzene rings is 2. The van der Waals surface area contributed by atoms with Gasteiger partial charge in [-0.2, -0.15) is 5.10 Å². The summed E-state index contributed by atoms with van der Waals surface area (Å²) in [6.07, 6.45) is 5.55. The van der Waals surface area contributed by atoms with Crippen LogP contribution in [-0.4, -0.2) is 38.7 Å². The summed E-state index contributed by atoms with van der Waals surface area (Å²) in [5.41, 5.74) is 3.52. The molecule has 2 aromatic carbocycles. The topological polar surface area (TPSA) is 75.9 Å². The van der Waals surface area contributed by atoms with Gasteiger partial charge in [0, 0.05) is 25.2 Å². The standard InChI is InChI=1S/C23H22N6O/c1-28(14-16-7-9-17(10-8-16)23(30)27-18-11-12-18)21-20-13-26-29(22(20)25-15-24-21)19-5-3-2-4-6-19/h2-10,13,15,18H,11-12,14H2,1H3,(H,27,30). The van der Waals surface area contributed by atoms with Crippen molar-refractivity contribution in [3.63, 3.8) is 0 Å². The normalized spacial score (nSPS) is 13.4. The number of carbonyl (C=O) groups excluding carboxylic acids is 1. The molecule has 1 aliphatic carbocycles. The van der Waals surface area contributed by atoms with Crippen molar-refractivity contribution < 1.29 is 4.79 Å². The van der Waals surface area contributed by atoms with E-state index in [-0.39, 0.29) is 5.91 Å². The average Bonchev–Trinajstić information content (AvgIpc) is 3.49. The van der Waals surface area contributed by atoms with Gasteiger partial charge in [0.1, 0.15) is 12.1 Å². The van der Waals surface area contributed by atoms with Crippen LogP contribution in [0.15, 0.2) is 67.1 Å². The van der Waals surface area contributed by atoms with Crippen LogP contribution < -0.4 is 10.2 Å². The molecule has 2 heterocycles. The molecule has 0 spiro atoms. The van der Waals surface area contributed by atoms with Crippen molar-refractivity contribution in [2.45, 2.75) is 25.4 Å². The van der Waals surface area contributed by atoms with Crippen molar-refractivity contribution in [3.8, 4) is 5.69 Å². The number of hydrogen-bond acceptors (Lipinski definition) is 5. The predicted molar refractivity (Wildman–Crippen MR) is 116 cm³/mol. The van der Waals surface area contributed by atoms with Crippen LogP contribution in [0.1, 0.15) is 28.8 Å². The summed E-state index contributed by atoms with van der Waals surface area (Å²) >= 11 is 0. The molecular formula is C23H22N6O. The molecule has 4 aromatic rings. The third-order valence-electron chi connectivity index (χ3n) is 5.26. The van der Waals surface area contributed by atoms with E-state index >= 15 is 0 Å². The zero-order chi connectivity index (χ0) is 20.5. The minimum absolute atomic E-state index is 0.00300. The summed E-state index contributed by atoms with van der Waals surface area (Å²) in [4.78, 5) is 23.2. The third-order valence-corrected chi connectivity index (χ3v) is 5.26. The number of nitrogens with zero attached hydrogens (tertiary/aromatic N) is 5. The van der Waals surface area contributed by atoms with Crippen molar-refractivity contribution in [3.05, 3.63) is 78.2 Å². The van der Waals surface area contributed by atoms with Gasteiger partial charge in [0.15, 0.2) is 5.65 Å². The molecule has 0 bridgehead atoms. The second-order valence-corrected chi connectivity index (χ2v) is 7.63. The first-order chi connectivity index (χ1) is 14.7. The number of carbonyl (C=O) groups is 1. The van der Waals surface area contributed by atoms with E-state index in [9.17, 15) is 4.79 Å². The SMILES string of the molecule is CN(Cc1ccc(C(=O)NC2CC2)cc1)c1ncnc2c1cnn2-c1ccccc1. The monoisotopic (exact) mass is 398 g/mol. The first-order valence-electron chi connectivity index (χ1n) is 10.0. The Hall–Kier alpha value is -3.74. The third kappa shape index (κ3) is 3.61. The molecule has 2 aromatic heterocycles. The van der Waals surface area contributed by atoms with Gasteiger partial charge in [-0.05, 0) is 42.7 Å². The predicted octanol–water partition coefficient (Wildman–Crippen LogP) is 3.34. The molecule has 1 N–H and O–H groups in total. The van der Waals surface area contributed by atoms with Gasteiger partial charge < -0.3 is 10.2 Å². The lowest BCUT2D eigenvalue weighted by atomic mass is 10.1. The number of hydrogen-bond donors (Lipinski definition) is 1. The average molecular weight is 398 g/mol. The Bertz CT molecular complexity index is 1180. The largest absolute Gasteiger partial charge is 0.355 e. The summed E-state index contributed by atoms with van der Waals surface area (Å²) < 4.78 is 1.82. The van der Waals surface area contributed by atoms with E-state index in [1.807, 2.05) is 66.3 Å². The minimum atomic E-state index is 0.00300. The molecule has 1 amide bonds. The van der Waals surface area contributed by atoms with Crippen LogP contribution in [-0.2, 0) is 6.54 Å². The fourth-order valence-corrected chi connectivity index (χ4v) is 3.50. The van der Waals surface area contributed by atoms with Crippen LogP contribution in [0, 0.1) is 0 Å². The van der Waals surface area contributed by atoms with Crippen LogP contribution in [0.4, 0.5) is 5.82 Å². The summed E-state index contributed by atoms with van der Waals surface area (Å²) in [5, 5.41) is 8.43. The maximum atomic E-state index is 12.2. The van der Waals surface area contributed by atoms with E-state index in [4.69, 9.17) is 0 Å². The Morgan fingerprint density at radius 2 is 1.87 bits per heavy atom. The van der Waals surface area contributed by atoms with E-state index in [0.29, 0.717) is 18.2 Å². The van der Waals surface area contributed by atoms with E-state index in [1.165, 1.54) is 0 Å². The van der Waals surface area contributed by atoms with Crippen molar-refractivity contribution in [2.24, 2.45) is 0 Å². The van der Waals surface area contributed by atoms with E-state index < -0.39 is 0 Å². The molecule has 1 aliphatic rings. The van der Waals surface area contributed by atoms with Crippen LogP contribution in [0.5, 0.6) is 0 Å². The smallest absolute Gasteiger partial charge is 0.251 e. The Balaban J connectivity index is 1.36. The van der Waals surface area contributed by atoms with Crippen molar-refractivity contribution in [1.29, 1.82) is 0 Å². The van der Waals surface area contributed by atoms with Gasteiger partial charge in [0.25, 0.3) is 5.91 Å². The molecule has 0 atom stereocenters. The molecule has 0 aliphatic heterocycles. The fourth-order valence-electron chi connectivity index (χ4n) is 3.50. The number of anilines is 1. The Kier molecular flexibility index (Phi) is 4.63. The fraction of sp³-hybridized carbons (Fsp3) is 0.217. The molecule has 1 saturated carbocycles. The van der Waals surface area contributed by atoms with Gasteiger partial charge in [-0.3, -0.25) is 4.79 Å². The van der Waals surface area contributed by atoms with E-state index in [1.54, 1.807) is 12.5 Å². The second kappa shape index (κ2) is 7.59. The number of fused-ring (bicyclic) bond motifs is 1. The minimum Gasteiger partial charge on any atom is -0.355 e. The summed E-state index contributed by atoms with van der Waals surface area (Å²) in [7, 11) is 2.00. The van der Waals surface area contributed by atoms with Gasteiger partial charge in [0.2, 0.25) is 0 Å². The molecular weight excluding hydrogens is 376 g/mol. The quantitative estimate of drug-likeness (QED) is 0.539. The maximum Gasteiger partial charge on any atom is 0.251 e. The zero-order valence-corrected chi connectivity index (χ0v) is 16.7. The van der Waals surface area contributed by atoms with Crippen LogP contribution in [0.3, 0.4) is 0 Å². The number of nitrogens with one attached hydrogen (secondary N) is 1. The molecule has 30 heavy (non-hydrogen) atoms. The van der Waals surface area contributed by atoms with Crippen molar-refractivity contribution in [1.82, 2.24) is 25.1 Å². The van der Waals surface area contributed by atoms with Crippen molar-refractivity contribution in [2.75, 3.05) is 11.9 Å². The summed E-state index contributed by atoms with van der Waals surface area (Å²) in [6, 6.07) is 18.0. The van der Waals surface area contributed by atoms with Crippen molar-refractivity contribution >= 4 is 22.8 Å². The van der Waals surface area contributed by atoms with Gasteiger partial charge in [0.05, 0.1) is 17.3 Å². The zero-order valence-electron chi connectivity index (χ0n) is 16.7. The maximum absolute atomic E-state index is 12.2. The van der Waals surface area contributed by atoms with Crippen LogP contribution in [0.2, 0.25) is 0 Å². The highest BCUT2D eigenvalue weighted by Gasteiger charge is 2.23. The summed E-state index contributed by atoms with van der Waals surface area (Å²) in [6.45, 7) is 0.660. The highest BCUT2D eigenvalue weighted by molar-refractivity contribution is 5.94. The highest BCUT2D eigenvalue weighted by Crippen LogP contribution is 2.25. The van der Waals surface area contributed by atoms with Crippen LogP contribution >= 0.6 is 0 Å². The number of para-hydroxylation sites is 1. The molecule has 0 unspecified atom stereocenters. The molecule has 0 saturated heterocycles. The van der Waals surface area contributed by atoms with Crippen LogP contribution in [0.25, 0.3) is 16.7 Å². The van der Waals surface area contributed by atoms with Gasteiger partial charge >= 0.3 is 0 Å². The lowest BCUT2D eigenvalue weighted by Crippen LogP contribution is -2.25. The first-order valence-corrected chi connectivity index (χ1v) is 10.0. The second-order valence-electron chi connectivity index (χ2n) is 7.63. The Labute approximate surface area is 174 Å². The van der Waals surface area contributed by atoms with Gasteiger partial charge in [-0.25, -0.2) is 14.6 Å². The number of amides is 1. The molecule has 1 fully saturated rings. The molecule has 5 rings (SSSR count). The number of aromatic nitrogens is 4.